The fourth-order valence-electron chi connectivity index (χ4n) is 1.63. The molecule has 0 radical (unpaired) electrons. The number of benzene rings is 2. The predicted octanol–water partition coefficient (Wildman–Crippen LogP) is 4.49. The van der Waals surface area contributed by atoms with E-state index in [1.165, 1.54) is 0 Å². The van der Waals surface area contributed by atoms with Crippen LogP contribution in [0.5, 0.6) is 5.75 Å². The zero-order valence-electron chi connectivity index (χ0n) is 10.9. The van der Waals surface area contributed by atoms with Crippen LogP contribution in [0.1, 0.15) is 5.56 Å². The molecule has 2 rings (SSSR count). The van der Waals surface area contributed by atoms with Gasteiger partial charge in [0.05, 0.1) is 21.6 Å². The first-order valence-corrected chi connectivity index (χ1v) is 8.16. The van der Waals surface area contributed by atoms with Gasteiger partial charge in [-0.15, -0.1) is 0 Å². The normalized spacial score (nSPS) is 12.2. The van der Waals surface area contributed by atoms with Crippen LogP contribution < -0.4 is 4.74 Å². The Balaban J connectivity index is 1.89. The molecular weight excluding hydrogens is 315 g/mol. The summed E-state index contributed by atoms with van der Waals surface area (Å²) in [7, 11) is -1.07. The molecule has 2 nitrogen and oxygen atoms in total. The second kappa shape index (κ2) is 7.11. The Kier molecular flexibility index (Phi) is 5.46. The van der Waals surface area contributed by atoms with Gasteiger partial charge in [-0.2, -0.15) is 0 Å². The molecule has 2 aromatic carbocycles. The van der Waals surface area contributed by atoms with Crippen LogP contribution >= 0.6 is 23.2 Å². The van der Waals surface area contributed by atoms with Crippen molar-refractivity contribution < 1.29 is 8.95 Å². The molecule has 5 heteroatoms. The van der Waals surface area contributed by atoms with E-state index in [1.807, 2.05) is 31.2 Å². The molecule has 2 aromatic rings. The van der Waals surface area contributed by atoms with Gasteiger partial charge in [0.15, 0.2) is 0 Å². The Morgan fingerprint density at radius 2 is 1.80 bits per heavy atom. The summed E-state index contributed by atoms with van der Waals surface area (Å²) in [6.45, 7) is 2.33. The Hall–Kier alpha value is -1.03. The zero-order chi connectivity index (χ0) is 14.5. The first-order chi connectivity index (χ1) is 9.56. The Morgan fingerprint density at radius 3 is 2.45 bits per heavy atom. The highest BCUT2D eigenvalue weighted by Gasteiger charge is 2.06. The number of aryl methyl sites for hydroxylation is 1. The van der Waals surface area contributed by atoms with E-state index in [-0.39, 0.29) is 0 Å². The molecular formula is C15H14Cl2O2S. The number of rotatable bonds is 5. The Bertz CT molecular complexity index is 612. The van der Waals surface area contributed by atoms with Crippen molar-refractivity contribution in [2.75, 3.05) is 12.4 Å². The fourth-order valence-corrected chi connectivity index (χ4v) is 3.00. The molecule has 106 valence electrons. The first-order valence-electron chi connectivity index (χ1n) is 6.09. The van der Waals surface area contributed by atoms with E-state index < -0.39 is 10.8 Å². The van der Waals surface area contributed by atoms with Gasteiger partial charge in [-0.05, 0) is 37.3 Å². The van der Waals surface area contributed by atoms with Crippen molar-refractivity contribution in [3.8, 4) is 5.75 Å². The van der Waals surface area contributed by atoms with Crippen LogP contribution in [0.25, 0.3) is 0 Å². The molecule has 0 bridgehead atoms. The largest absolute Gasteiger partial charge is 0.491 e. The van der Waals surface area contributed by atoms with Gasteiger partial charge < -0.3 is 4.74 Å². The summed E-state index contributed by atoms with van der Waals surface area (Å²) in [5, 5.41) is 1.02. The SMILES string of the molecule is Cc1ccc([S@@](=O)CCOc2ccc(Cl)cc2Cl)cc1. The van der Waals surface area contributed by atoms with Crippen molar-refractivity contribution >= 4 is 34.0 Å². The zero-order valence-corrected chi connectivity index (χ0v) is 13.3. The standard InChI is InChI=1S/C15H14Cl2O2S/c1-11-2-5-13(6-3-11)20(18)9-8-19-15-7-4-12(16)10-14(15)17/h2-7,10H,8-9H2,1H3/t20-/m0/s1. The molecule has 0 aliphatic rings. The van der Waals surface area contributed by atoms with Crippen molar-refractivity contribution in [2.45, 2.75) is 11.8 Å². The lowest BCUT2D eigenvalue weighted by molar-refractivity contribution is 0.343. The monoisotopic (exact) mass is 328 g/mol. The van der Waals surface area contributed by atoms with Crippen LogP contribution in [0, 0.1) is 6.92 Å². The lowest BCUT2D eigenvalue weighted by Gasteiger charge is -2.08. The summed E-state index contributed by atoms with van der Waals surface area (Å²) in [5.74, 6) is 0.971. The topological polar surface area (TPSA) is 26.3 Å². The second-order valence-electron chi connectivity index (χ2n) is 4.29. The van der Waals surface area contributed by atoms with E-state index in [0.717, 1.165) is 10.5 Å². The van der Waals surface area contributed by atoms with Gasteiger partial charge >= 0.3 is 0 Å². The second-order valence-corrected chi connectivity index (χ2v) is 6.70. The molecule has 0 saturated heterocycles. The fraction of sp³-hybridized carbons (Fsp3) is 0.200. The summed E-state index contributed by atoms with van der Waals surface area (Å²) < 4.78 is 17.6. The molecule has 0 heterocycles. The van der Waals surface area contributed by atoms with Gasteiger partial charge in [0.25, 0.3) is 0 Å². The molecule has 0 amide bonds. The third kappa shape index (κ3) is 4.23. The minimum absolute atomic E-state index is 0.335. The molecule has 20 heavy (non-hydrogen) atoms. The summed E-state index contributed by atoms with van der Waals surface area (Å²) >= 11 is 11.8. The highest BCUT2D eigenvalue weighted by atomic mass is 35.5. The van der Waals surface area contributed by atoms with Crippen molar-refractivity contribution in [1.29, 1.82) is 0 Å². The maximum absolute atomic E-state index is 12.1. The number of hydrogen-bond acceptors (Lipinski definition) is 2. The van der Waals surface area contributed by atoms with E-state index in [1.54, 1.807) is 18.2 Å². The summed E-state index contributed by atoms with van der Waals surface area (Å²) in [6, 6.07) is 12.7. The molecule has 0 saturated carbocycles. The van der Waals surface area contributed by atoms with Crippen molar-refractivity contribution in [2.24, 2.45) is 0 Å². The van der Waals surface area contributed by atoms with Crippen LogP contribution in [0.3, 0.4) is 0 Å². The van der Waals surface area contributed by atoms with E-state index >= 15 is 0 Å². The third-order valence-corrected chi connectivity index (χ3v) is 4.57. The van der Waals surface area contributed by atoms with Gasteiger partial charge in [0.1, 0.15) is 12.4 Å². The van der Waals surface area contributed by atoms with Crippen molar-refractivity contribution in [3.05, 3.63) is 58.1 Å². The molecule has 0 unspecified atom stereocenters. The van der Waals surface area contributed by atoms with E-state index in [0.29, 0.717) is 28.2 Å². The highest BCUT2D eigenvalue weighted by Crippen LogP contribution is 2.27. The van der Waals surface area contributed by atoms with Gasteiger partial charge in [-0.1, -0.05) is 40.9 Å². The van der Waals surface area contributed by atoms with Gasteiger partial charge in [0.2, 0.25) is 0 Å². The number of halogens is 2. The van der Waals surface area contributed by atoms with Crippen LogP contribution in [0.4, 0.5) is 0 Å². The van der Waals surface area contributed by atoms with E-state index in [2.05, 4.69) is 0 Å². The van der Waals surface area contributed by atoms with Gasteiger partial charge in [0, 0.05) is 9.92 Å². The molecule has 0 N–H and O–H groups in total. The van der Waals surface area contributed by atoms with Crippen LogP contribution in [0.2, 0.25) is 10.0 Å². The minimum atomic E-state index is -1.07. The molecule has 0 aromatic heterocycles. The predicted molar refractivity (Wildman–Crippen MR) is 84.4 cm³/mol. The first kappa shape index (κ1) is 15.4. The summed E-state index contributed by atoms with van der Waals surface area (Å²) in [4.78, 5) is 0.807. The van der Waals surface area contributed by atoms with Gasteiger partial charge in [-0.25, -0.2) is 0 Å². The summed E-state index contributed by atoms with van der Waals surface area (Å²) in [5.41, 5.74) is 1.15. The quantitative estimate of drug-likeness (QED) is 0.808. The number of ether oxygens (including phenoxy) is 1. The molecule has 0 aliphatic heterocycles. The van der Waals surface area contributed by atoms with Gasteiger partial charge in [-0.3, -0.25) is 4.21 Å². The molecule has 0 fully saturated rings. The van der Waals surface area contributed by atoms with Crippen LogP contribution in [-0.2, 0) is 10.8 Å². The average molecular weight is 329 g/mol. The summed E-state index contributed by atoms with van der Waals surface area (Å²) in [6.07, 6.45) is 0. The lowest BCUT2D eigenvalue weighted by atomic mass is 10.2. The molecule has 0 spiro atoms. The number of hydrogen-bond donors (Lipinski definition) is 0. The van der Waals surface area contributed by atoms with Crippen molar-refractivity contribution in [1.82, 2.24) is 0 Å². The van der Waals surface area contributed by atoms with E-state index in [9.17, 15) is 4.21 Å². The maximum Gasteiger partial charge on any atom is 0.138 e. The maximum atomic E-state index is 12.1. The van der Waals surface area contributed by atoms with Crippen LogP contribution in [-0.4, -0.2) is 16.6 Å². The highest BCUT2D eigenvalue weighted by molar-refractivity contribution is 7.85. The molecule has 1 atom stereocenters. The minimum Gasteiger partial charge on any atom is -0.491 e. The third-order valence-electron chi connectivity index (χ3n) is 2.70. The smallest absolute Gasteiger partial charge is 0.138 e. The van der Waals surface area contributed by atoms with Crippen molar-refractivity contribution in [3.63, 3.8) is 0 Å². The lowest BCUT2D eigenvalue weighted by Crippen LogP contribution is -2.08. The molecule has 0 aliphatic carbocycles. The Morgan fingerprint density at radius 1 is 1.10 bits per heavy atom. The Labute approximate surface area is 131 Å². The average Bonchev–Trinajstić information content (AvgIpc) is 2.42. The van der Waals surface area contributed by atoms with Crippen LogP contribution in [0.15, 0.2) is 47.4 Å². The van der Waals surface area contributed by atoms with E-state index in [4.69, 9.17) is 27.9 Å².